The molecule has 0 aliphatic heterocycles. The van der Waals surface area contributed by atoms with Crippen molar-refractivity contribution < 1.29 is 8.42 Å². The Morgan fingerprint density at radius 3 is 2.30 bits per heavy atom. The first kappa shape index (κ1) is 15.4. The van der Waals surface area contributed by atoms with Crippen LogP contribution >= 0.6 is 34.8 Å². The average molecular weight is 351 g/mol. The molecule has 2 aromatic carbocycles. The van der Waals surface area contributed by atoms with E-state index in [0.717, 1.165) is 0 Å². The van der Waals surface area contributed by atoms with E-state index in [9.17, 15) is 8.42 Å². The zero-order chi connectivity index (χ0) is 14.9. The summed E-state index contributed by atoms with van der Waals surface area (Å²) in [6.45, 7) is 1.73. The molecule has 106 valence electrons. The molecule has 0 aromatic heterocycles. The van der Waals surface area contributed by atoms with Crippen LogP contribution in [0.15, 0.2) is 41.3 Å². The van der Waals surface area contributed by atoms with E-state index in [1.807, 2.05) is 0 Å². The lowest BCUT2D eigenvalue weighted by atomic mass is 10.2. The van der Waals surface area contributed by atoms with Crippen LogP contribution in [-0.4, -0.2) is 8.42 Å². The molecule has 0 aliphatic carbocycles. The number of nitrogens with one attached hydrogen (secondary N) is 1. The van der Waals surface area contributed by atoms with Crippen LogP contribution in [0.1, 0.15) is 5.56 Å². The zero-order valence-corrected chi connectivity index (χ0v) is 13.4. The van der Waals surface area contributed by atoms with Gasteiger partial charge in [-0.3, -0.25) is 4.72 Å². The molecule has 0 unspecified atom stereocenters. The molecule has 0 fully saturated rings. The Kier molecular flexibility index (Phi) is 4.49. The molecule has 0 radical (unpaired) electrons. The van der Waals surface area contributed by atoms with Crippen molar-refractivity contribution in [2.75, 3.05) is 4.72 Å². The van der Waals surface area contributed by atoms with Gasteiger partial charge < -0.3 is 0 Å². The molecule has 0 spiro atoms. The fourth-order valence-electron chi connectivity index (χ4n) is 1.57. The molecule has 0 aliphatic rings. The lowest BCUT2D eigenvalue weighted by molar-refractivity contribution is 0.601. The Morgan fingerprint density at radius 2 is 1.65 bits per heavy atom. The Balaban J connectivity index is 2.41. The summed E-state index contributed by atoms with van der Waals surface area (Å²) in [5.41, 5.74) is 1.07. The summed E-state index contributed by atoms with van der Waals surface area (Å²) in [7, 11) is -3.74. The van der Waals surface area contributed by atoms with Crippen LogP contribution in [0.5, 0.6) is 0 Å². The fourth-order valence-corrected chi connectivity index (χ4v) is 3.25. The standard InChI is InChI=1S/C13H10Cl3NO2S/c1-8-10(14)3-2-4-13(8)17-20(18,19)9-5-6-11(15)12(16)7-9/h2-7,17H,1H3. The number of sulfonamides is 1. The van der Waals surface area contributed by atoms with Gasteiger partial charge in [0, 0.05) is 5.02 Å². The largest absolute Gasteiger partial charge is 0.279 e. The molecule has 1 N–H and O–H groups in total. The molecule has 0 bridgehead atoms. The van der Waals surface area contributed by atoms with Gasteiger partial charge in [0.15, 0.2) is 0 Å². The van der Waals surface area contributed by atoms with Gasteiger partial charge in [-0.15, -0.1) is 0 Å². The van der Waals surface area contributed by atoms with Gasteiger partial charge in [-0.05, 0) is 42.8 Å². The number of rotatable bonds is 3. The summed E-state index contributed by atoms with van der Waals surface area (Å²) in [5.74, 6) is 0. The number of halogens is 3. The predicted molar refractivity (Wildman–Crippen MR) is 83.5 cm³/mol. The highest BCUT2D eigenvalue weighted by atomic mass is 35.5. The molecular weight excluding hydrogens is 341 g/mol. The Morgan fingerprint density at radius 1 is 0.950 bits per heavy atom. The highest BCUT2D eigenvalue weighted by molar-refractivity contribution is 7.92. The fraction of sp³-hybridized carbons (Fsp3) is 0.0769. The molecule has 0 heterocycles. The normalized spacial score (nSPS) is 11.4. The van der Waals surface area contributed by atoms with Crippen molar-refractivity contribution in [1.82, 2.24) is 0 Å². The SMILES string of the molecule is Cc1c(Cl)cccc1NS(=O)(=O)c1ccc(Cl)c(Cl)c1. The lowest BCUT2D eigenvalue weighted by Gasteiger charge is -2.11. The van der Waals surface area contributed by atoms with Gasteiger partial charge in [0.2, 0.25) is 0 Å². The van der Waals surface area contributed by atoms with Crippen LogP contribution in [-0.2, 0) is 10.0 Å². The molecule has 0 saturated heterocycles. The van der Waals surface area contributed by atoms with Crippen molar-refractivity contribution in [2.24, 2.45) is 0 Å². The van der Waals surface area contributed by atoms with Gasteiger partial charge in [-0.1, -0.05) is 40.9 Å². The van der Waals surface area contributed by atoms with Gasteiger partial charge in [0.05, 0.1) is 20.6 Å². The monoisotopic (exact) mass is 349 g/mol. The second kappa shape index (κ2) is 5.82. The van der Waals surface area contributed by atoms with E-state index >= 15 is 0 Å². The van der Waals surface area contributed by atoms with Crippen molar-refractivity contribution in [3.63, 3.8) is 0 Å². The zero-order valence-electron chi connectivity index (χ0n) is 10.3. The van der Waals surface area contributed by atoms with Crippen molar-refractivity contribution in [1.29, 1.82) is 0 Å². The van der Waals surface area contributed by atoms with Crippen molar-refractivity contribution in [3.05, 3.63) is 57.0 Å². The summed E-state index contributed by atoms with van der Waals surface area (Å²) in [6.07, 6.45) is 0. The summed E-state index contributed by atoms with van der Waals surface area (Å²) < 4.78 is 27.0. The Hall–Kier alpha value is -0.940. The minimum absolute atomic E-state index is 0.0336. The van der Waals surface area contributed by atoms with E-state index in [1.165, 1.54) is 18.2 Å². The number of hydrogen-bond donors (Lipinski definition) is 1. The highest BCUT2D eigenvalue weighted by Gasteiger charge is 2.17. The first-order valence-corrected chi connectivity index (χ1v) is 8.16. The number of benzene rings is 2. The van der Waals surface area contributed by atoms with Crippen molar-refractivity contribution in [3.8, 4) is 0 Å². The third-order valence-corrected chi connectivity index (χ3v) is 5.23. The summed E-state index contributed by atoms with van der Waals surface area (Å²) in [6, 6.07) is 9.11. The van der Waals surface area contributed by atoms with Crippen LogP contribution in [0, 0.1) is 6.92 Å². The Labute approximate surface area is 132 Å². The first-order valence-electron chi connectivity index (χ1n) is 5.54. The van der Waals surface area contributed by atoms with E-state index in [1.54, 1.807) is 25.1 Å². The van der Waals surface area contributed by atoms with E-state index in [-0.39, 0.29) is 9.92 Å². The average Bonchev–Trinajstić information content (AvgIpc) is 2.38. The third kappa shape index (κ3) is 3.20. The number of hydrogen-bond acceptors (Lipinski definition) is 2. The van der Waals surface area contributed by atoms with E-state index in [0.29, 0.717) is 21.3 Å². The maximum absolute atomic E-state index is 12.3. The summed E-state index contributed by atoms with van der Waals surface area (Å²) in [4.78, 5) is 0.0336. The number of anilines is 1. The van der Waals surface area contributed by atoms with Crippen molar-refractivity contribution in [2.45, 2.75) is 11.8 Å². The quantitative estimate of drug-likeness (QED) is 0.867. The molecule has 20 heavy (non-hydrogen) atoms. The summed E-state index contributed by atoms with van der Waals surface area (Å²) in [5, 5.41) is 0.959. The molecule has 2 rings (SSSR count). The van der Waals surface area contributed by atoms with Crippen LogP contribution in [0.4, 0.5) is 5.69 Å². The van der Waals surface area contributed by atoms with Crippen LogP contribution in [0.25, 0.3) is 0 Å². The molecule has 7 heteroatoms. The van der Waals surface area contributed by atoms with E-state index < -0.39 is 10.0 Å². The minimum Gasteiger partial charge on any atom is -0.279 e. The third-order valence-electron chi connectivity index (χ3n) is 2.71. The molecule has 0 atom stereocenters. The van der Waals surface area contributed by atoms with Gasteiger partial charge >= 0.3 is 0 Å². The van der Waals surface area contributed by atoms with Gasteiger partial charge in [-0.2, -0.15) is 0 Å². The van der Waals surface area contributed by atoms with Gasteiger partial charge in [-0.25, -0.2) is 8.42 Å². The van der Waals surface area contributed by atoms with E-state index in [4.69, 9.17) is 34.8 Å². The van der Waals surface area contributed by atoms with Gasteiger partial charge in [0.25, 0.3) is 10.0 Å². The van der Waals surface area contributed by atoms with Crippen LogP contribution in [0.3, 0.4) is 0 Å². The highest BCUT2D eigenvalue weighted by Crippen LogP contribution is 2.28. The maximum Gasteiger partial charge on any atom is 0.261 e. The van der Waals surface area contributed by atoms with Crippen LogP contribution < -0.4 is 4.72 Å². The minimum atomic E-state index is -3.74. The second-order valence-corrected chi connectivity index (χ2v) is 7.00. The maximum atomic E-state index is 12.3. The molecule has 2 aromatic rings. The molecule has 3 nitrogen and oxygen atoms in total. The van der Waals surface area contributed by atoms with Crippen LogP contribution in [0.2, 0.25) is 15.1 Å². The molecule has 0 amide bonds. The summed E-state index contributed by atoms with van der Waals surface area (Å²) >= 11 is 17.6. The van der Waals surface area contributed by atoms with Crippen molar-refractivity contribution >= 4 is 50.5 Å². The predicted octanol–water partition coefficient (Wildman–Crippen LogP) is 4.76. The molecule has 0 saturated carbocycles. The second-order valence-electron chi connectivity index (χ2n) is 4.09. The smallest absolute Gasteiger partial charge is 0.261 e. The van der Waals surface area contributed by atoms with Gasteiger partial charge in [0.1, 0.15) is 0 Å². The topological polar surface area (TPSA) is 46.2 Å². The molecular formula is C13H10Cl3NO2S. The lowest BCUT2D eigenvalue weighted by Crippen LogP contribution is -2.13. The first-order chi connectivity index (χ1) is 9.31. The Bertz CT molecular complexity index is 760. The van der Waals surface area contributed by atoms with E-state index in [2.05, 4.69) is 4.72 Å².